The maximum Gasteiger partial charge on any atom is 0.254 e. The molecule has 0 bridgehead atoms. The molecule has 0 aliphatic heterocycles. The van der Waals surface area contributed by atoms with E-state index in [9.17, 15) is 18.0 Å². The number of aryl methyl sites for hydroxylation is 1. The molecule has 0 aliphatic carbocycles. The van der Waals surface area contributed by atoms with Crippen molar-refractivity contribution in [2.75, 3.05) is 18.1 Å². The summed E-state index contributed by atoms with van der Waals surface area (Å²) in [6, 6.07) is 16.7. The maximum atomic E-state index is 15.2. The van der Waals surface area contributed by atoms with Crippen molar-refractivity contribution in [1.82, 2.24) is 9.88 Å². The molecule has 4 rings (SSSR count). The molecule has 2 amide bonds. The number of halogens is 1. The topological polar surface area (TPSA) is 96.4 Å². The number of anilines is 1. The van der Waals surface area contributed by atoms with Crippen LogP contribution in [-0.2, 0) is 27.6 Å². The van der Waals surface area contributed by atoms with Crippen molar-refractivity contribution >= 4 is 38.1 Å². The van der Waals surface area contributed by atoms with Gasteiger partial charge in [-0.25, -0.2) is 17.8 Å². The van der Waals surface area contributed by atoms with E-state index in [2.05, 4.69) is 16.4 Å². The van der Waals surface area contributed by atoms with Gasteiger partial charge in [0, 0.05) is 48.3 Å². The lowest BCUT2D eigenvalue weighted by Gasteiger charge is -2.25. The van der Waals surface area contributed by atoms with Crippen molar-refractivity contribution in [3.05, 3.63) is 88.0 Å². The van der Waals surface area contributed by atoms with Crippen molar-refractivity contribution in [2.45, 2.75) is 52.0 Å². The number of sulfone groups is 1. The van der Waals surface area contributed by atoms with E-state index in [0.29, 0.717) is 24.6 Å². The number of hydrogen-bond donors (Lipinski definition) is 1. The van der Waals surface area contributed by atoms with Crippen molar-refractivity contribution in [1.29, 1.82) is 0 Å². The Morgan fingerprint density at radius 2 is 1.67 bits per heavy atom. The molecule has 0 saturated carbocycles. The van der Waals surface area contributed by atoms with Gasteiger partial charge in [-0.3, -0.25) is 9.59 Å². The summed E-state index contributed by atoms with van der Waals surface area (Å²) in [5.74, 6) is -1.35. The number of rotatable bonds is 10. The van der Waals surface area contributed by atoms with Gasteiger partial charge in [-0.2, -0.15) is 0 Å². The molecule has 0 fully saturated rings. The minimum atomic E-state index is -3.76. The van der Waals surface area contributed by atoms with Crippen molar-refractivity contribution in [3.63, 3.8) is 0 Å². The predicted octanol–water partition coefficient (Wildman–Crippen LogP) is 6.90. The molecule has 220 valence electrons. The van der Waals surface area contributed by atoms with Gasteiger partial charge in [0.25, 0.3) is 5.91 Å². The van der Waals surface area contributed by atoms with Crippen LogP contribution in [0.3, 0.4) is 0 Å². The van der Waals surface area contributed by atoms with Crippen LogP contribution in [0.2, 0.25) is 0 Å². The van der Waals surface area contributed by atoms with Crippen LogP contribution in [0.25, 0.3) is 22.4 Å². The molecule has 1 N–H and O–H groups in total. The summed E-state index contributed by atoms with van der Waals surface area (Å²) < 4.78 is 39.3. The SMILES string of the molecule is CCCN(Cc1cc(-c2ccc(-c3csc(NC(C)=O)n3)cc2)ccc1C)C(=O)c1ccc(S(C)(=O)=O)c(F)c1CC. The van der Waals surface area contributed by atoms with E-state index in [1.165, 1.54) is 30.4 Å². The number of hydrogen-bond acceptors (Lipinski definition) is 6. The number of benzene rings is 3. The molecule has 1 aromatic heterocycles. The third kappa shape index (κ3) is 6.94. The Morgan fingerprint density at radius 3 is 2.29 bits per heavy atom. The Hall–Kier alpha value is -3.89. The average Bonchev–Trinajstić information content (AvgIpc) is 3.40. The van der Waals surface area contributed by atoms with Crippen LogP contribution in [-0.4, -0.2) is 42.9 Å². The normalized spacial score (nSPS) is 11.4. The van der Waals surface area contributed by atoms with Gasteiger partial charge in [0.05, 0.1) is 5.69 Å². The van der Waals surface area contributed by atoms with Crippen LogP contribution in [0.15, 0.2) is 64.9 Å². The molecule has 0 aliphatic rings. The molecule has 42 heavy (non-hydrogen) atoms. The summed E-state index contributed by atoms with van der Waals surface area (Å²) in [6.45, 7) is 7.91. The molecule has 0 atom stereocenters. The molecule has 0 unspecified atom stereocenters. The second kappa shape index (κ2) is 13.0. The number of amides is 2. The Morgan fingerprint density at radius 1 is 1.00 bits per heavy atom. The van der Waals surface area contributed by atoms with E-state index in [-0.39, 0.29) is 29.4 Å². The van der Waals surface area contributed by atoms with Gasteiger partial charge in [0.2, 0.25) is 5.91 Å². The number of aromatic nitrogens is 1. The van der Waals surface area contributed by atoms with Crippen LogP contribution in [0.4, 0.5) is 9.52 Å². The van der Waals surface area contributed by atoms with E-state index in [4.69, 9.17) is 0 Å². The van der Waals surface area contributed by atoms with E-state index < -0.39 is 20.5 Å². The van der Waals surface area contributed by atoms with Crippen LogP contribution < -0.4 is 5.32 Å². The smallest absolute Gasteiger partial charge is 0.254 e. The van der Waals surface area contributed by atoms with Gasteiger partial charge in [0.15, 0.2) is 15.0 Å². The van der Waals surface area contributed by atoms with Gasteiger partial charge < -0.3 is 10.2 Å². The van der Waals surface area contributed by atoms with Crippen molar-refractivity contribution in [2.24, 2.45) is 0 Å². The molecule has 10 heteroatoms. The second-order valence-corrected chi connectivity index (χ2v) is 13.0. The van der Waals surface area contributed by atoms with Crippen molar-refractivity contribution in [3.8, 4) is 22.4 Å². The third-order valence-electron chi connectivity index (χ3n) is 6.98. The lowest BCUT2D eigenvalue weighted by atomic mass is 9.97. The zero-order chi connectivity index (χ0) is 30.6. The Balaban J connectivity index is 1.61. The minimum Gasteiger partial charge on any atom is -0.334 e. The number of nitrogens with zero attached hydrogens (tertiary/aromatic N) is 2. The summed E-state index contributed by atoms with van der Waals surface area (Å²) >= 11 is 1.37. The Kier molecular flexibility index (Phi) is 9.58. The standard InChI is InChI=1S/C32H34FN3O4S2/c1-6-16-36(31(38)27-14-15-29(42(5,39)40)30(33)26(27)7-2)18-25-17-24(9-8-20(25)3)22-10-12-23(13-11-22)28-19-41-32(35-28)34-21(4)37/h8-15,17,19H,6-7,16,18H2,1-5H3,(H,34,35,37). The maximum absolute atomic E-state index is 15.2. The minimum absolute atomic E-state index is 0.110. The Labute approximate surface area is 250 Å². The van der Waals surface area contributed by atoms with E-state index >= 15 is 4.39 Å². The average molecular weight is 608 g/mol. The van der Waals surface area contributed by atoms with Crippen LogP contribution in [0.5, 0.6) is 0 Å². The van der Waals surface area contributed by atoms with E-state index in [1.807, 2.05) is 55.6 Å². The highest BCUT2D eigenvalue weighted by atomic mass is 32.2. The fourth-order valence-corrected chi connectivity index (χ4v) is 6.33. The molecule has 1 heterocycles. The molecule has 4 aromatic rings. The number of carbonyl (C=O) groups is 2. The summed E-state index contributed by atoms with van der Waals surface area (Å²) in [4.78, 5) is 30.8. The summed E-state index contributed by atoms with van der Waals surface area (Å²) in [6.07, 6.45) is 1.86. The monoisotopic (exact) mass is 607 g/mol. The quantitative estimate of drug-likeness (QED) is 0.212. The molecule has 7 nitrogen and oxygen atoms in total. The molecule has 0 radical (unpaired) electrons. The van der Waals surface area contributed by atoms with Gasteiger partial charge >= 0.3 is 0 Å². The van der Waals surface area contributed by atoms with E-state index in [1.54, 1.807) is 11.8 Å². The summed E-state index contributed by atoms with van der Waals surface area (Å²) in [5.41, 5.74) is 5.97. The lowest BCUT2D eigenvalue weighted by Crippen LogP contribution is -2.32. The first-order valence-corrected chi connectivity index (χ1v) is 16.4. The Bertz CT molecular complexity index is 1730. The second-order valence-electron chi connectivity index (χ2n) is 10.2. The van der Waals surface area contributed by atoms with Crippen LogP contribution in [0.1, 0.15) is 54.2 Å². The van der Waals surface area contributed by atoms with Gasteiger partial charge in [-0.1, -0.05) is 50.2 Å². The molecular formula is C32H34FN3O4S2. The van der Waals surface area contributed by atoms with Gasteiger partial charge in [-0.05, 0) is 60.2 Å². The number of thiazole rings is 1. The largest absolute Gasteiger partial charge is 0.334 e. The highest BCUT2D eigenvalue weighted by Gasteiger charge is 2.25. The van der Waals surface area contributed by atoms with Crippen LogP contribution in [0, 0.1) is 12.7 Å². The fourth-order valence-electron chi connectivity index (χ4n) is 4.80. The lowest BCUT2D eigenvalue weighted by molar-refractivity contribution is -0.114. The molecule has 0 spiro atoms. The zero-order valence-corrected chi connectivity index (χ0v) is 26.0. The van der Waals surface area contributed by atoms with Gasteiger partial charge in [0.1, 0.15) is 10.7 Å². The predicted molar refractivity (Wildman–Crippen MR) is 166 cm³/mol. The van der Waals surface area contributed by atoms with Gasteiger partial charge in [-0.15, -0.1) is 11.3 Å². The molecular weight excluding hydrogens is 574 g/mol. The first kappa shape index (κ1) is 31.1. The van der Waals surface area contributed by atoms with Crippen molar-refractivity contribution < 1.29 is 22.4 Å². The highest BCUT2D eigenvalue weighted by Crippen LogP contribution is 2.30. The number of nitrogens with one attached hydrogen (secondary N) is 1. The first-order chi connectivity index (χ1) is 19.9. The summed E-state index contributed by atoms with van der Waals surface area (Å²) in [7, 11) is -3.76. The zero-order valence-electron chi connectivity index (χ0n) is 24.3. The third-order valence-corrected chi connectivity index (χ3v) is 8.86. The first-order valence-electron chi connectivity index (χ1n) is 13.7. The highest BCUT2D eigenvalue weighted by molar-refractivity contribution is 7.90. The van der Waals surface area contributed by atoms with Crippen LogP contribution >= 0.6 is 11.3 Å². The molecule has 0 saturated heterocycles. The fraction of sp³-hybridized carbons (Fsp3) is 0.281. The van der Waals surface area contributed by atoms with E-state index in [0.717, 1.165) is 39.8 Å². The summed E-state index contributed by atoms with van der Waals surface area (Å²) in [5, 5.41) is 5.15. The number of carbonyl (C=O) groups excluding carboxylic acids is 2. The molecule has 3 aromatic carbocycles.